The second-order valence-corrected chi connectivity index (χ2v) is 5.89. The number of allylic oxidation sites excluding steroid dienone is 5. The van der Waals surface area contributed by atoms with Crippen LogP contribution in [0.2, 0.25) is 0 Å². The van der Waals surface area contributed by atoms with Crippen LogP contribution in [0.3, 0.4) is 0 Å². The highest BCUT2D eigenvalue weighted by molar-refractivity contribution is 5.05. The van der Waals surface area contributed by atoms with Crippen LogP contribution in [0.15, 0.2) is 34.9 Å². The van der Waals surface area contributed by atoms with Crippen molar-refractivity contribution in [3.63, 3.8) is 0 Å². The maximum absolute atomic E-state index is 5.55. The quantitative estimate of drug-likeness (QED) is 0.322. The number of ether oxygens (including phenoxy) is 1. The van der Waals surface area contributed by atoms with Crippen LogP contribution in [-0.4, -0.2) is 13.2 Å². The third kappa shape index (κ3) is 13.6. The van der Waals surface area contributed by atoms with Crippen LogP contribution in [0.25, 0.3) is 0 Å². The van der Waals surface area contributed by atoms with Crippen LogP contribution in [0, 0.1) is 0 Å². The molecular weight excluding hydrogens is 244 g/mol. The average Bonchev–Trinajstić information content (AvgIpc) is 2.38. The maximum Gasteiger partial charge on any atom is 0.0649 e. The first-order valence-electron chi connectivity index (χ1n) is 8.08. The van der Waals surface area contributed by atoms with Crippen LogP contribution < -0.4 is 0 Å². The Morgan fingerprint density at radius 1 is 0.850 bits per heavy atom. The van der Waals surface area contributed by atoms with E-state index in [0.29, 0.717) is 0 Å². The van der Waals surface area contributed by atoms with E-state index in [2.05, 4.69) is 52.8 Å². The molecule has 0 bridgehead atoms. The van der Waals surface area contributed by atoms with Gasteiger partial charge in [-0.15, -0.1) is 0 Å². The van der Waals surface area contributed by atoms with Gasteiger partial charge in [0.25, 0.3) is 0 Å². The van der Waals surface area contributed by atoms with Gasteiger partial charge in [-0.1, -0.05) is 48.3 Å². The molecule has 1 heteroatoms. The second kappa shape index (κ2) is 13.2. The molecular formula is C19H34O. The maximum atomic E-state index is 5.55. The molecule has 116 valence electrons. The van der Waals surface area contributed by atoms with E-state index in [0.717, 1.165) is 26.1 Å². The summed E-state index contributed by atoms with van der Waals surface area (Å²) in [6.45, 7) is 12.6. The first-order chi connectivity index (χ1) is 9.56. The normalized spacial score (nSPS) is 12.7. The van der Waals surface area contributed by atoms with Gasteiger partial charge in [0, 0.05) is 6.61 Å². The van der Waals surface area contributed by atoms with Crippen LogP contribution in [0.4, 0.5) is 0 Å². The van der Waals surface area contributed by atoms with Crippen LogP contribution >= 0.6 is 0 Å². The third-order valence-electron chi connectivity index (χ3n) is 3.31. The molecule has 0 spiro atoms. The summed E-state index contributed by atoms with van der Waals surface area (Å²) in [5, 5.41) is 0. The molecule has 0 aliphatic rings. The molecule has 0 aliphatic heterocycles. The zero-order valence-electron chi connectivity index (χ0n) is 14.3. The Bertz CT molecular complexity index is 317. The van der Waals surface area contributed by atoms with Gasteiger partial charge in [0.2, 0.25) is 0 Å². The average molecular weight is 278 g/mol. The molecule has 0 heterocycles. The van der Waals surface area contributed by atoms with Crippen molar-refractivity contribution >= 4 is 0 Å². The molecule has 0 amide bonds. The fraction of sp³-hybridized carbons (Fsp3) is 0.684. The van der Waals surface area contributed by atoms with E-state index in [9.17, 15) is 0 Å². The molecule has 1 nitrogen and oxygen atoms in total. The van der Waals surface area contributed by atoms with E-state index in [1.165, 1.54) is 42.4 Å². The van der Waals surface area contributed by atoms with E-state index in [-0.39, 0.29) is 0 Å². The first-order valence-corrected chi connectivity index (χ1v) is 8.08. The van der Waals surface area contributed by atoms with Crippen molar-refractivity contribution in [1.82, 2.24) is 0 Å². The largest absolute Gasteiger partial charge is 0.377 e. The summed E-state index contributed by atoms with van der Waals surface area (Å²) in [4.78, 5) is 0. The van der Waals surface area contributed by atoms with Gasteiger partial charge in [0.15, 0.2) is 0 Å². The van der Waals surface area contributed by atoms with Gasteiger partial charge in [-0.3, -0.25) is 0 Å². The standard InChI is InChI=1S/C19H34O/c1-6-7-15-20-16-14-19(5)13-9-12-18(4)11-8-10-17(2)3/h10,12,14H,6-9,11,13,15-16H2,1-5H3/b18-12+,19-14+. The Kier molecular flexibility index (Phi) is 12.6. The lowest BCUT2D eigenvalue weighted by molar-refractivity contribution is 0.158. The van der Waals surface area contributed by atoms with Gasteiger partial charge in [-0.05, 0) is 59.8 Å². The van der Waals surface area contributed by atoms with Crippen molar-refractivity contribution in [3.05, 3.63) is 34.9 Å². The number of hydrogen-bond acceptors (Lipinski definition) is 1. The van der Waals surface area contributed by atoms with E-state index in [1.807, 2.05) is 0 Å². The molecule has 0 N–H and O–H groups in total. The van der Waals surface area contributed by atoms with Gasteiger partial charge >= 0.3 is 0 Å². The number of unbranched alkanes of at least 4 members (excludes halogenated alkanes) is 1. The predicted octanol–water partition coefficient (Wildman–Crippen LogP) is 6.22. The molecule has 0 aromatic rings. The Labute approximate surface area is 126 Å². The minimum atomic E-state index is 0.773. The van der Waals surface area contributed by atoms with Crippen molar-refractivity contribution in [2.45, 2.75) is 73.1 Å². The lowest BCUT2D eigenvalue weighted by Gasteiger charge is -2.02. The van der Waals surface area contributed by atoms with E-state index in [1.54, 1.807) is 0 Å². The van der Waals surface area contributed by atoms with Crippen LogP contribution in [0.1, 0.15) is 73.1 Å². The van der Waals surface area contributed by atoms with Crippen molar-refractivity contribution < 1.29 is 4.74 Å². The molecule has 0 rings (SSSR count). The van der Waals surface area contributed by atoms with Gasteiger partial charge in [-0.2, -0.15) is 0 Å². The minimum absolute atomic E-state index is 0.773. The highest BCUT2D eigenvalue weighted by Crippen LogP contribution is 2.11. The van der Waals surface area contributed by atoms with Crippen LogP contribution in [-0.2, 0) is 4.74 Å². The van der Waals surface area contributed by atoms with Gasteiger partial charge < -0.3 is 4.74 Å². The first kappa shape index (κ1) is 19.2. The highest BCUT2D eigenvalue weighted by atomic mass is 16.5. The summed E-state index contributed by atoms with van der Waals surface area (Å²) >= 11 is 0. The van der Waals surface area contributed by atoms with E-state index >= 15 is 0 Å². The summed E-state index contributed by atoms with van der Waals surface area (Å²) in [5.74, 6) is 0. The van der Waals surface area contributed by atoms with Crippen molar-refractivity contribution in [1.29, 1.82) is 0 Å². The predicted molar refractivity (Wildman–Crippen MR) is 91.1 cm³/mol. The molecule has 0 fully saturated rings. The molecule has 20 heavy (non-hydrogen) atoms. The fourth-order valence-electron chi connectivity index (χ4n) is 1.87. The fourth-order valence-corrected chi connectivity index (χ4v) is 1.87. The molecule has 0 aromatic heterocycles. The highest BCUT2D eigenvalue weighted by Gasteiger charge is 1.92. The van der Waals surface area contributed by atoms with E-state index < -0.39 is 0 Å². The van der Waals surface area contributed by atoms with Gasteiger partial charge in [0.1, 0.15) is 0 Å². The Balaban J connectivity index is 3.74. The van der Waals surface area contributed by atoms with Gasteiger partial charge in [0.05, 0.1) is 6.61 Å². The van der Waals surface area contributed by atoms with Gasteiger partial charge in [-0.25, -0.2) is 0 Å². The topological polar surface area (TPSA) is 9.23 Å². The summed E-state index contributed by atoms with van der Waals surface area (Å²) in [6, 6.07) is 0. The Morgan fingerprint density at radius 2 is 1.45 bits per heavy atom. The molecule has 0 atom stereocenters. The molecule has 0 aliphatic carbocycles. The third-order valence-corrected chi connectivity index (χ3v) is 3.31. The summed E-state index contributed by atoms with van der Waals surface area (Å²) in [5.41, 5.74) is 4.36. The zero-order chi connectivity index (χ0) is 15.2. The smallest absolute Gasteiger partial charge is 0.0649 e. The molecule has 0 aromatic carbocycles. The SMILES string of the molecule is CCCCOC/C=C(\C)CC/C=C(\C)CCC=C(C)C. The molecule has 0 saturated carbocycles. The Hall–Kier alpha value is -0.820. The van der Waals surface area contributed by atoms with Crippen molar-refractivity contribution in [3.8, 4) is 0 Å². The molecule has 0 unspecified atom stereocenters. The molecule has 0 saturated heterocycles. The van der Waals surface area contributed by atoms with E-state index in [4.69, 9.17) is 4.74 Å². The van der Waals surface area contributed by atoms with Crippen LogP contribution in [0.5, 0.6) is 0 Å². The number of hydrogen-bond donors (Lipinski definition) is 0. The lowest BCUT2D eigenvalue weighted by atomic mass is 10.1. The Morgan fingerprint density at radius 3 is 2.05 bits per heavy atom. The monoisotopic (exact) mass is 278 g/mol. The van der Waals surface area contributed by atoms with Crippen molar-refractivity contribution in [2.75, 3.05) is 13.2 Å². The lowest BCUT2D eigenvalue weighted by Crippen LogP contribution is -1.94. The van der Waals surface area contributed by atoms with Crippen molar-refractivity contribution in [2.24, 2.45) is 0 Å². The summed E-state index contributed by atoms with van der Waals surface area (Å²) in [6.07, 6.45) is 14.0. The minimum Gasteiger partial charge on any atom is -0.377 e. The zero-order valence-corrected chi connectivity index (χ0v) is 14.3. The second-order valence-electron chi connectivity index (χ2n) is 5.89. The summed E-state index contributed by atoms with van der Waals surface area (Å²) in [7, 11) is 0. The molecule has 0 radical (unpaired) electrons. The summed E-state index contributed by atoms with van der Waals surface area (Å²) < 4.78 is 5.55. The number of rotatable bonds is 11.